The summed E-state index contributed by atoms with van der Waals surface area (Å²) in [6, 6.07) is 12.5. The van der Waals surface area contributed by atoms with Crippen LogP contribution in [0, 0.1) is 5.92 Å². The largest absolute Gasteiger partial charge is 0.497 e. The summed E-state index contributed by atoms with van der Waals surface area (Å²) in [6.45, 7) is 9.05. The van der Waals surface area contributed by atoms with Gasteiger partial charge in [0.15, 0.2) is 11.5 Å². The van der Waals surface area contributed by atoms with E-state index >= 15 is 0 Å². The molecule has 2 aliphatic rings. The minimum atomic E-state index is -3.53. The van der Waals surface area contributed by atoms with Crippen molar-refractivity contribution in [1.29, 1.82) is 0 Å². The zero-order valence-electron chi connectivity index (χ0n) is 22.1. The molecular weight excluding hydrogens is 508 g/mol. The van der Waals surface area contributed by atoms with E-state index in [2.05, 4.69) is 11.5 Å². The number of sulfonamides is 1. The zero-order valence-corrected chi connectivity index (χ0v) is 22.9. The number of fused-ring (bicyclic) bond motifs is 1. The van der Waals surface area contributed by atoms with Gasteiger partial charge in [-0.2, -0.15) is 0 Å². The Labute approximate surface area is 224 Å². The van der Waals surface area contributed by atoms with Gasteiger partial charge in [0.1, 0.15) is 5.75 Å². The molecule has 0 aromatic heterocycles. The van der Waals surface area contributed by atoms with Crippen LogP contribution in [-0.4, -0.2) is 74.5 Å². The van der Waals surface area contributed by atoms with Crippen molar-refractivity contribution in [1.82, 2.24) is 9.21 Å². The number of carbonyl (C=O) groups is 1. The maximum Gasteiger partial charge on any atom is 0.309 e. The molecular formula is C28H36N2O7S. The first kappa shape index (κ1) is 27.9. The van der Waals surface area contributed by atoms with Gasteiger partial charge >= 0.3 is 5.97 Å². The van der Waals surface area contributed by atoms with E-state index in [-0.39, 0.29) is 25.0 Å². The lowest BCUT2D eigenvalue weighted by Gasteiger charge is -2.30. The lowest BCUT2D eigenvalue weighted by Crippen LogP contribution is -2.40. The lowest BCUT2D eigenvalue weighted by atomic mass is 9.82. The average molecular weight is 545 g/mol. The number of hydrogen-bond donors (Lipinski definition) is 1. The standard InChI is InChI=1S/C28H36N2O7S/c1-5-12-30(38(33,34)17-19(2)3)14-13-29-16-23(21-8-11-24-25(15-21)37-18-36-24)26(28(31)32)27(29)20-6-9-22(35-4)10-7-20/h6-11,15,23,26-27H,2,5,12-14,16-18H2,1,3-4H3,(H,31,32)/t23-,26+,27-/m1/s1. The molecule has 206 valence electrons. The third kappa shape index (κ3) is 5.98. The summed E-state index contributed by atoms with van der Waals surface area (Å²) in [5, 5.41) is 10.5. The Hall–Kier alpha value is -3.08. The van der Waals surface area contributed by atoms with Crippen molar-refractivity contribution in [3.8, 4) is 17.2 Å². The van der Waals surface area contributed by atoms with E-state index in [9.17, 15) is 18.3 Å². The third-order valence-electron chi connectivity index (χ3n) is 7.10. The fraction of sp³-hybridized carbons (Fsp3) is 0.464. The summed E-state index contributed by atoms with van der Waals surface area (Å²) in [5.41, 5.74) is 2.27. The van der Waals surface area contributed by atoms with Gasteiger partial charge in [0.2, 0.25) is 16.8 Å². The number of methoxy groups -OCH3 is 1. The number of hydrogen-bond acceptors (Lipinski definition) is 7. The van der Waals surface area contributed by atoms with Crippen LogP contribution in [0.5, 0.6) is 17.2 Å². The van der Waals surface area contributed by atoms with E-state index in [1.165, 1.54) is 4.31 Å². The highest BCUT2D eigenvalue weighted by molar-refractivity contribution is 7.89. The molecule has 0 saturated carbocycles. The molecule has 1 N–H and O–H groups in total. The van der Waals surface area contributed by atoms with Gasteiger partial charge in [0.25, 0.3) is 0 Å². The Balaban J connectivity index is 1.68. The highest BCUT2D eigenvalue weighted by Gasteiger charge is 2.47. The van der Waals surface area contributed by atoms with Crippen LogP contribution in [0.4, 0.5) is 0 Å². The molecule has 2 heterocycles. The van der Waals surface area contributed by atoms with Crippen molar-refractivity contribution in [2.24, 2.45) is 5.92 Å². The second kappa shape index (κ2) is 11.8. The first-order chi connectivity index (χ1) is 18.1. The Kier molecular flexibility index (Phi) is 8.64. The van der Waals surface area contributed by atoms with Gasteiger partial charge in [-0.15, -0.1) is 0 Å². The van der Waals surface area contributed by atoms with Crippen molar-refractivity contribution in [3.63, 3.8) is 0 Å². The molecule has 1 fully saturated rings. The molecule has 0 radical (unpaired) electrons. The van der Waals surface area contributed by atoms with Gasteiger partial charge in [-0.05, 0) is 48.7 Å². The van der Waals surface area contributed by atoms with Crippen molar-refractivity contribution < 1.29 is 32.5 Å². The predicted octanol–water partition coefficient (Wildman–Crippen LogP) is 3.88. The summed E-state index contributed by atoms with van der Waals surface area (Å²) in [4.78, 5) is 14.9. The SMILES string of the molecule is C=C(C)CS(=O)(=O)N(CCC)CCN1C[C@H](c2ccc3c(c2)OCO3)[C@H](C(=O)O)[C@H]1c1ccc(OC)cc1. The van der Waals surface area contributed by atoms with Crippen LogP contribution in [0.1, 0.15) is 43.4 Å². The van der Waals surface area contributed by atoms with Crippen LogP contribution in [0.15, 0.2) is 54.6 Å². The highest BCUT2D eigenvalue weighted by Crippen LogP contribution is 2.47. The average Bonchev–Trinajstić information content (AvgIpc) is 3.50. The smallest absolute Gasteiger partial charge is 0.309 e. The van der Waals surface area contributed by atoms with E-state index in [0.29, 0.717) is 48.9 Å². The summed E-state index contributed by atoms with van der Waals surface area (Å²) >= 11 is 0. The van der Waals surface area contributed by atoms with Crippen LogP contribution in [-0.2, 0) is 14.8 Å². The van der Waals surface area contributed by atoms with Gasteiger partial charge in [-0.1, -0.05) is 37.3 Å². The number of likely N-dealkylation sites (tertiary alicyclic amines) is 1. The van der Waals surface area contributed by atoms with E-state index in [0.717, 1.165) is 11.1 Å². The molecule has 2 aromatic rings. The first-order valence-corrected chi connectivity index (χ1v) is 14.4. The molecule has 9 nitrogen and oxygen atoms in total. The van der Waals surface area contributed by atoms with Gasteiger partial charge in [0, 0.05) is 38.1 Å². The first-order valence-electron chi connectivity index (χ1n) is 12.8. The van der Waals surface area contributed by atoms with Crippen molar-refractivity contribution in [2.45, 2.75) is 32.2 Å². The molecule has 10 heteroatoms. The monoisotopic (exact) mass is 544 g/mol. The minimum absolute atomic E-state index is 0.105. The molecule has 38 heavy (non-hydrogen) atoms. The second-order valence-corrected chi connectivity index (χ2v) is 11.9. The van der Waals surface area contributed by atoms with Crippen molar-refractivity contribution >= 4 is 16.0 Å². The van der Waals surface area contributed by atoms with Crippen LogP contribution in [0.2, 0.25) is 0 Å². The number of carboxylic acid groups (broad SMARTS) is 1. The molecule has 0 unspecified atom stereocenters. The van der Waals surface area contributed by atoms with Crippen LogP contribution in [0.25, 0.3) is 0 Å². The Morgan fingerprint density at radius 3 is 2.45 bits per heavy atom. The van der Waals surface area contributed by atoms with Crippen molar-refractivity contribution in [3.05, 3.63) is 65.7 Å². The third-order valence-corrected chi connectivity index (χ3v) is 9.11. The highest BCUT2D eigenvalue weighted by atomic mass is 32.2. The molecule has 0 aliphatic carbocycles. The molecule has 0 bridgehead atoms. The fourth-order valence-corrected chi connectivity index (χ4v) is 7.05. The van der Waals surface area contributed by atoms with Crippen LogP contribution in [0.3, 0.4) is 0 Å². The second-order valence-electron chi connectivity index (χ2n) is 9.91. The number of aliphatic carboxylic acids is 1. The number of ether oxygens (including phenoxy) is 3. The normalized spacial score (nSPS) is 21.1. The summed E-state index contributed by atoms with van der Waals surface area (Å²) in [6.07, 6.45) is 0.675. The number of benzene rings is 2. The van der Waals surface area contributed by atoms with E-state index < -0.39 is 28.0 Å². The Morgan fingerprint density at radius 2 is 1.82 bits per heavy atom. The van der Waals surface area contributed by atoms with Gasteiger partial charge in [-0.3, -0.25) is 9.69 Å². The number of carboxylic acids is 1. The minimum Gasteiger partial charge on any atom is -0.497 e. The Bertz CT molecular complexity index is 1260. The zero-order chi connectivity index (χ0) is 27.4. The van der Waals surface area contributed by atoms with Crippen LogP contribution >= 0.6 is 0 Å². The molecule has 2 aliphatic heterocycles. The van der Waals surface area contributed by atoms with Gasteiger partial charge in [-0.25, -0.2) is 12.7 Å². The molecule has 4 rings (SSSR count). The quantitative estimate of drug-likeness (QED) is 0.402. The molecule has 0 spiro atoms. The van der Waals surface area contributed by atoms with Gasteiger partial charge < -0.3 is 19.3 Å². The summed E-state index contributed by atoms with van der Waals surface area (Å²) in [5.74, 6) is -0.178. The van der Waals surface area contributed by atoms with E-state index in [1.807, 2.05) is 49.4 Å². The summed E-state index contributed by atoms with van der Waals surface area (Å²) in [7, 11) is -1.94. The maximum absolute atomic E-state index is 13.0. The van der Waals surface area contributed by atoms with Crippen molar-refractivity contribution in [2.75, 3.05) is 45.8 Å². The Morgan fingerprint density at radius 1 is 1.13 bits per heavy atom. The molecule has 3 atom stereocenters. The molecule has 0 amide bonds. The van der Waals surface area contributed by atoms with Gasteiger partial charge in [0.05, 0.1) is 18.8 Å². The molecule has 2 aromatic carbocycles. The lowest BCUT2D eigenvalue weighted by molar-refractivity contribution is -0.143. The topological polar surface area (TPSA) is 106 Å². The predicted molar refractivity (Wildman–Crippen MR) is 144 cm³/mol. The van der Waals surface area contributed by atoms with Crippen LogP contribution < -0.4 is 14.2 Å². The fourth-order valence-electron chi connectivity index (χ4n) is 5.42. The number of rotatable bonds is 12. The molecule has 1 saturated heterocycles. The number of nitrogens with zero attached hydrogens (tertiary/aromatic N) is 2. The summed E-state index contributed by atoms with van der Waals surface area (Å²) < 4.78 is 43.9. The van der Waals surface area contributed by atoms with E-state index in [4.69, 9.17) is 14.2 Å². The maximum atomic E-state index is 13.0. The van der Waals surface area contributed by atoms with E-state index in [1.54, 1.807) is 14.0 Å².